The molecule has 1 saturated carbocycles. The van der Waals surface area contributed by atoms with Crippen molar-refractivity contribution in [2.75, 3.05) is 12.9 Å². The van der Waals surface area contributed by atoms with E-state index in [0.717, 1.165) is 43.9 Å². The maximum absolute atomic E-state index is 12.2. The number of hydrogen-bond donors (Lipinski definition) is 1. The first kappa shape index (κ1) is 20.7. The molecule has 0 aliphatic heterocycles. The third-order valence-electron chi connectivity index (χ3n) is 5.03. The molecule has 0 heterocycles. The molecule has 1 N–H and O–H groups in total. The molecule has 0 saturated heterocycles. The zero-order chi connectivity index (χ0) is 19.0. The van der Waals surface area contributed by atoms with Gasteiger partial charge < -0.3 is 10.1 Å². The third-order valence-corrected chi connectivity index (χ3v) is 5.62. The van der Waals surface area contributed by atoms with Crippen LogP contribution in [-0.2, 0) is 25.6 Å². The number of rotatable bonds is 8. The van der Waals surface area contributed by atoms with Gasteiger partial charge in [-0.3, -0.25) is 4.18 Å². The Hall–Kier alpha value is -1.60. The van der Waals surface area contributed by atoms with Crippen molar-refractivity contribution in [2.45, 2.75) is 58.1 Å². The summed E-state index contributed by atoms with van der Waals surface area (Å²) >= 11 is 0. The summed E-state index contributed by atoms with van der Waals surface area (Å²) in [6.07, 6.45) is 6.17. The smallest absolute Gasteiger partial charge is 0.407 e. The first-order valence-electron chi connectivity index (χ1n) is 9.10. The maximum atomic E-state index is 12.2. The van der Waals surface area contributed by atoms with Gasteiger partial charge in [-0.15, -0.1) is 0 Å². The highest BCUT2D eigenvalue weighted by atomic mass is 32.2. The Kier molecular flexibility index (Phi) is 7.46. The van der Waals surface area contributed by atoms with Crippen molar-refractivity contribution in [1.82, 2.24) is 5.32 Å². The number of hydrogen-bond acceptors (Lipinski definition) is 5. The molecule has 7 heteroatoms. The van der Waals surface area contributed by atoms with Gasteiger partial charge in [0, 0.05) is 6.04 Å². The van der Waals surface area contributed by atoms with Gasteiger partial charge in [0.1, 0.15) is 6.61 Å². The first-order valence-corrected chi connectivity index (χ1v) is 10.9. The molecule has 0 spiro atoms. The summed E-state index contributed by atoms with van der Waals surface area (Å²) in [6, 6.07) is 9.60. The summed E-state index contributed by atoms with van der Waals surface area (Å²) in [4.78, 5) is 12.2. The number of ether oxygens (including phenoxy) is 1. The van der Waals surface area contributed by atoms with Crippen LogP contribution in [0.3, 0.4) is 0 Å². The van der Waals surface area contributed by atoms with Crippen LogP contribution in [0.5, 0.6) is 0 Å². The van der Waals surface area contributed by atoms with Crippen molar-refractivity contribution in [2.24, 2.45) is 5.41 Å². The Balaban J connectivity index is 1.83. The van der Waals surface area contributed by atoms with Crippen LogP contribution < -0.4 is 5.32 Å². The molecule has 2 unspecified atom stereocenters. The van der Waals surface area contributed by atoms with Gasteiger partial charge >= 0.3 is 6.09 Å². The lowest BCUT2D eigenvalue weighted by molar-refractivity contribution is 0.0947. The van der Waals surface area contributed by atoms with Crippen molar-refractivity contribution in [3.8, 4) is 0 Å². The first-order chi connectivity index (χ1) is 12.3. The largest absolute Gasteiger partial charge is 0.445 e. The second kappa shape index (κ2) is 9.37. The van der Waals surface area contributed by atoms with E-state index in [4.69, 9.17) is 8.92 Å². The van der Waals surface area contributed by atoms with Gasteiger partial charge in [0.05, 0.1) is 12.9 Å². The van der Waals surface area contributed by atoms with E-state index < -0.39 is 16.2 Å². The zero-order valence-electron chi connectivity index (χ0n) is 15.6. The predicted molar refractivity (Wildman–Crippen MR) is 100 cm³/mol. The SMILES string of the molecule is CC1(CCCOS(C)(=O)=O)CCCCC1NC(=O)OCc1ccccc1. The summed E-state index contributed by atoms with van der Waals surface area (Å²) in [6.45, 7) is 2.58. The normalized spacial score (nSPS) is 23.4. The number of nitrogens with one attached hydrogen (secondary N) is 1. The number of carbonyl (C=O) groups is 1. The predicted octanol–water partition coefficient (Wildman–Crippen LogP) is 3.62. The molecule has 1 aliphatic carbocycles. The fourth-order valence-corrected chi connectivity index (χ4v) is 3.96. The lowest BCUT2D eigenvalue weighted by atomic mass is 9.69. The van der Waals surface area contributed by atoms with Gasteiger partial charge in [-0.2, -0.15) is 8.42 Å². The van der Waals surface area contributed by atoms with E-state index in [0.29, 0.717) is 6.42 Å². The summed E-state index contributed by atoms with van der Waals surface area (Å²) in [7, 11) is -3.40. The van der Waals surface area contributed by atoms with Crippen molar-refractivity contribution in [3.05, 3.63) is 35.9 Å². The number of amides is 1. The molecule has 146 valence electrons. The number of carbonyl (C=O) groups excluding carboxylic acids is 1. The van der Waals surface area contributed by atoms with Crippen molar-refractivity contribution in [1.29, 1.82) is 0 Å². The van der Waals surface area contributed by atoms with E-state index in [-0.39, 0.29) is 24.7 Å². The van der Waals surface area contributed by atoms with Crippen LogP contribution in [-0.4, -0.2) is 33.4 Å². The molecule has 0 aromatic heterocycles. The highest BCUT2D eigenvalue weighted by molar-refractivity contribution is 7.85. The Morgan fingerprint density at radius 1 is 1.27 bits per heavy atom. The summed E-state index contributed by atoms with van der Waals surface area (Å²) in [5.41, 5.74) is 0.872. The van der Waals surface area contributed by atoms with E-state index >= 15 is 0 Å². The molecule has 0 bridgehead atoms. The lowest BCUT2D eigenvalue weighted by Crippen LogP contribution is -2.48. The van der Waals surface area contributed by atoms with E-state index in [1.165, 1.54) is 0 Å². The zero-order valence-corrected chi connectivity index (χ0v) is 16.4. The molecular formula is C19H29NO5S. The summed E-state index contributed by atoms with van der Waals surface area (Å²) in [5, 5.41) is 3.02. The molecule has 2 atom stereocenters. The van der Waals surface area contributed by atoms with Gasteiger partial charge in [-0.25, -0.2) is 4.79 Å². The molecule has 26 heavy (non-hydrogen) atoms. The minimum atomic E-state index is -3.40. The minimum absolute atomic E-state index is 0.0257. The quantitative estimate of drug-likeness (QED) is 0.548. The van der Waals surface area contributed by atoms with Gasteiger partial charge in [0.25, 0.3) is 10.1 Å². The highest BCUT2D eigenvalue weighted by Gasteiger charge is 2.37. The Morgan fingerprint density at radius 2 is 2.00 bits per heavy atom. The monoisotopic (exact) mass is 383 g/mol. The molecular weight excluding hydrogens is 354 g/mol. The van der Waals surface area contributed by atoms with Crippen molar-refractivity contribution >= 4 is 16.2 Å². The van der Waals surface area contributed by atoms with Crippen LogP contribution in [0.4, 0.5) is 4.79 Å². The minimum Gasteiger partial charge on any atom is -0.445 e. The van der Waals surface area contributed by atoms with Crippen LogP contribution in [0.1, 0.15) is 51.0 Å². The van der Waals surface area contributed by atoms with Gasteiger partial charge in [-0.1, -0.05) is 50.1 Å². The molecule has 2 rings (SSSR count). The van der Waals surface area contributed by atoms with Gasteiger partial charge in [-0.05, 0) is 36.7 Å². The van der Waals surface area contributed by atoms with Crippen LogP contribution in [0.2, 0.25) is 0 Å². The third kappa shape index (κ3) is 6.96. The molecule has 1 aliphatic rings. The average molecular weight is 384 g/mol. The van der Waals surface area contributed by atoms with Crippen molar-refractivity contribution < 1.29 is 22.1 Å². The van der Waals surface area contributed by atoms with Crippen molar-refractivity contribution in [3.63, 3.8) is 0 Å². The van der Waals surface area contributed by atoms with E-state index in [9.17, 15) is 13.2 Å². The van der Waals surface area contributed by atoms with Gasteiger partial charge in [0.15, 0.2) is 0 Å². The van der Waals surface area contributed by atoms with Crippen LogP contribution in [0.25, 0.3) is 0 Å². The van der Waals surface area contributed by atoms with E-state index in [2.05, 4.69) is 12.2 Å². The van der Waals surface area contributed by atoms with Crippen LogP contribution in [0.15, 0.2) is 30.3 Å². The Morgan fingerprint density at radius 3 is 2.69 bits per heavy atom. The fraction of sp³-hybridized carbons (Fsp3) is 0.632. The van der Waals surface area contributed by atoms with Crippen LogP contribution in [0, 0.1) is 5.41 Å². The standard InChI is InChI=1S/C19H29NO5S/c1-19(13-8-14-25-26(2,22)23)12-7-6-11-17(19)20-18(21)24-15-16-9-4-3-5-10-16/h3-5,9-10,17H,6-8,11-15H2,1-2H3,(H,20,21). The molecule has 1 aromatic rings. The Labute approximate surface area is 156 Å². The molecule has 0 radical (unpaired) electrons. The average Bonchev–Trinajstić information content (AvgIpc) is 2.59. The molecule has 1 aromatic carbocycles. The van der Waals surface area contributed by atoms with Gasteiger partial charge in [0.2, 0.25) is 0 Å². The fourth-order valence-electron chi connectivity index (χ4n) is 3.54. The van der Waals surface area contributed by atoms with E-state index in [1.807, 2.05) is 30.3 Å². The number of alkyl carbamates (subject to hydrolysis) is 1. The second-order valence-corrected chi connectivity index (χ2v) is 8.93. The number of benzene rings is 1. The summed E-state index contributed by atoms with van der Waals surface area (Å²) in [5.74, 6) is 0. The Bertz CT molecular complexity index is 676. The molecule has 1 amide bonds. The topological polar surface area (TPSA) is 81.7 Å². The highest BCUT2D eigenvalue weighted by Crippen LogP contribution is 2.40. The second-order valence-electron chi connectivity index (χ2n) is 7.29. The maximum Gasteiger partial charge on any atom is 0.407 e. The van der Waals surface area contributed by atoms with Crippen LogP contribution >= 0.6 is 0 Å². The lowest BCUT2D eigenvalue weighted by Gasteiger charge is -2.41. The summed E-state index contributed by atoms with van der Waals surface area (Å²) < 4.78 is 32.3. The molecule has 1 fully saturated rings. The molecule has 6 nitrogen and oxygen atoms in total. The van der Waals surface area contributed by atoms with E-state index in [1.54, 1.807) is 0 Å².